The lowest BCUT2D eigenvalue weighted by Gasteiger charge is -2.12. The summed E-state index contributed by atoms with van der Waals surface area (Å²) in [6.07, 6.45) is 12.6. The minimum atomic E-state index is -1.26. The zero-order valence-corrected chi connectivity index (χ0v) is 18.1. The number of thioether (sulfide) groups is 1. The number of benzene rings is 1. The van der Waals surface area contributed by atoms with Crippen LogP contribution in [0.1, 0.15) is 76.7 Å². The summed E-state index contributed by atoms with van der Waals surface area (Å²) in [6, 6.07) is 0.673. The molecule has 0 saturated carbocycles. The highest BCUT2D eigenvalue weighted by Crippen LogP contribution is 2.27. The molecule has 1 rings (SSSR count). The van der Waals surface area contributed by atoms with Crippen molar-refractivity contribution in [2.45, 2.75) is 78.1 Å². The molecule has 0 spiro atoms. The highest BCUT2D eigenvalue weighted by Gasteiger charge is 2.17. The predicted octanol–water partition coefficient (Wildman–Crippen LogP) is 7.55. The number of halogens is 3. The van der Waals surface area contributed by atoms with Gasteiger partial charge in [0.2, 0.25) is 0 Å². The van der Waals surface area contributed by atoms with Crippen LogP contribution >= 0.6 is 11.8 Å². The smallest absolute Gasteiger partial charge is 0.264 e. The Morgan fingerprint density at radius 1 is 1.03 bits per heavy atom. The molecule has 0 radical (unpaired) electrons. The van der Waals surface area contributed by atoms with Crippen LogP contribution in [0.4, 0.5) is 18.9 Å². The Hall–Kier alpha value is -1.70. The second-order valence-electron chi connectivity index (χ2n) is 7.09. The number of hydrogen-bond acceptors (Lipinski definition) is 4. The van der Waals surface area contributed by atoms with E-state index < -0.39 is 27.9 Å². The summed E-state index contributed by atoms with van der Waals surface area (Å²) in [5.41, 5.74) is -0.780. The fourth-order valence-corrected chi connectivity index (χ4v) is 3.84. The number of nitrogens with one attached hydrogen (secondary N) is 1. The number of unbranched alkanes of at least 4 members (excludes halogenated alkanes) is 9. The van der Waals surface area contributed by atoms with Gasteiger partial charge in [0.1, 0.15) is 5.03 Å². The lowest BCUT2D eigenvalue weighted by molar-refractivity contribution is -0.402. The minimum absolute atomic E-state index is 0.0928. The molecule has 0 aliphatic rings. The van der Waals surface area contributed by atoms with Crippen molar-refractivity contribution in [3.63, 3.8) is 0 Å². The SMILES string of the molecule is CCCCCCCCCCCCSC(=C[N+](=O)[O-])Nc1cc(F)c(F)c(C)c1F. The van der Waals surface area contributed by atoms with Crippen LogP contribution in [0.5, 0.6) is 0 Å². The predicted molar refractivity (Wildman–Crippen MR) is 114 cm³/mol. The van der Waals surface area contributed by atoms with Crippen LogP contribution in [0.2, 0.25) is 0 Å². The zero-order valence-electron chi connectivity index (χ0n) is 17.2. The molecule has 0 fully saturated rings. The summed E-state index contributed by atoms with van der Waals surface area (Å²) in [4.78, 5) is 10.2. The van der Waals surface area contributed by atoms with Crippen molar-refractivity contribution >= 4 is 17.4 Å². The maximum atomic E-state index is 14.1. The van der Waals surface area contributed by atoms with Gasteiger partial charge in [0.25, 0.3) is 6.20 Å². The van der Waals surface area contributed by atoms with E-state index in [-0.39, 0.29) is 10.7 Å². The third-order valence-electron chi connectivity index (χ3n) is 4.61. The first-order chi connectivity index (χ1) is 13.9. The van der Waals surface area contributed by atoms with Crippen molar-refractivity contribution in [1.29, 1.82) is 0 Å². The van der Waals surface area contributed by atoms with Gasteiger partial charge in [-0.05, 0) is 19.1 Å². The van der Waals surface area contributed by atoms with Gasteiger partial charge in [0.15, 0.2) is 17.5 Å². The Morgan fingerprint density at radius 3 is 2.14 bits per heavy atom. The molecule has 0 aliphatic carbocycles. The van der Waals surface area contributed by atoms with Gasteiger partial charge < -0.3 is 5.32 Å². The fourth-order valence-electron chi connectivity index (χ4n) is 2.93. The number of nitro groups is 1. The molecule has 0 saturated heterocycles. The number of rotatable bonds is 15. The van der Waals surface area contributed by atoms with E-state index >= 15 is 0 Å². The summed E-state index contributed by atoms with van der Waals surface area (Å²) in [5.74, 6) is -2.80. The molecule has 4 nitrogen and oxygen atoms in total. The van der Waals surface area contributed by atoms with Gasteiger partial charge in [0.05, 0.1) is 10.6 Å². The monoisotopic (exact) mass is 432 g/mol. The lowest BCUT2D eigenvalue weighted by Crippen LogP contribution is -2.05. The third-order valence-corrected chi connectivity index (χ3v) is 5.62. The van der Waals surface area contributed by atoms with Crippen LogP contribution < -0.4 is 5.32 Å². The quantitative estimate of drug-likeness (QED) is 0.134. The summed E-state index contributed by atoms with van der Waals surface area (Å²) in [5, 5.41) is 13.4. The summed E-state index contributed by atoms with van der Waals surface area (Å²) >= 11 is 1.17. The van der Waals surface area contributed by atoms with Crippen LogP contribution in [-0.2, 0) is 0 Å². The Bertz CT molecular complexity index is 684. The molecule has 8 heteroatoms. The van der Waals surface area contributed by atoms with Crippen molar-refractivity contribution in [2.75, 3.05) is 11.1 Å². The highest BCUT2D eigenvalue weighted by molar-refractivity contribution is 8.03. The molecular weight excluding hydrogens is 401 g/mol. The van der Waals surface area contributed by atoms with Crippen molar-refractivity contribution in [3.8, 4) is 0 Å². The highest BCUT2D eigenvalue weighted by atomic mass is 32.2. The maximum absolute atomic E-state index is 14.1. The Labute approximate surface area is 175 Å². The molecule has 1 aromatic carbocycles. The molecule has 0 aliphatic heterocycles. The van der Waals surface area contributed by atoms with Gasteiger partial charge in [-0.25, -0.2) is 13.2 Å². The van der Waals surface area contributed by atoms with E-state index in [4.69, 9.17) is 0 Å². The van der Waals surface area contributed by atoms with Crippen molar-refractivity contribution in [3.05, 3.63) is 50.4 Å². The molecule has 0 heterocycles. The van der Waals surface area contributed by atoms with E-state index in [1.54, 1.807) is 0 Å². The molecular formula is C21H31F3N2O2S. The molecule has 0 unspecified atom stereocenters. The van der Waals surface area contributed by atoms with Gasteiger partial charge in [-0.15, -0.1) is 11.8 Å². The minimum Gasteiger partial charge on any atom is -0.343 e. The van der Waals surface area contributed by atoms with Gasteiger partial charge in [0, 0.05) is 11.6 Å². The van der Waals surface area contributed by atoms with Gasteiger partial charge in [-0.1, -0.05) is 64.7 Å². The third kappa shape index (κ3) is 10.1. The largest absolute Gasteiger partial charge is 0.343 e. The van der Waals surface area contributed by atoms with Gasteiger partial charge >= 0.3 is 0 Å². The molecule has 0 amide bonds. The van der Waals surface area contributed by atoms with Crippen LogP contribution in [-0.4, -0.2) is 10.7 Å². The Kier molecular flexibility index (Phi) is 12.5. The van der Waals surface area contributed by atoms with E-state index in [0.717, 1.165) is 32.4 Å². The van der Waals surface area contributed by atoms with E-state index in [2.05, 4.69) is 12.2 Å². The van der Waals surface area contributed by atoms with Crippen LogP contribution in [0.25, 0.3) is 0 Å². The van der Waals surface area contributed by atoms with Gasteiger partial charge in [-0.2, -0.15) is 0 Å². The van der Waals surface area contributed by atoms with E-state index in [1.165, 1.54) is 56.7 Å². The van der Waals surface area contributed by atoms with Crippen molar-refractivity contribution in [2.24, 2.45) is 0 Å². The first-order valence-electron chi connectivity index (χ1n) is 10.3. The molecule has 0 aromatic heterocycles. The average molecular weight is 433 g/mol. The summed E-state index contributed by atoms with van der Waals surface area (Å²) in [6.45, 7) is 3.32. The zero-order chi connectivity index (χ0) is 21.6. The normalized spacial score (nSPS) is 11.7. The standard InChI is InChI=1S/C21H31F3N2O2S/c1-3-4-5-6-7-8-9-10-11-12-13-29-19(15-26(27)28)25-18-14-17(22)20(23)16(2)21(18)24/h14-15,25H,3-13H2,1-2H3. The molecule has 164 valence electrons. The molecule has 1 aromatic rings. The number of hydrogen-bond donors (Lipinski definition) is 1. The Morgan fingerprint density at radius 2 is 1.59 bits per heavy atom. The topological polar surface area (TPSA) is 55.2 Å². The van der Waals surface area contributed by atoms with Crippen molar-refractivity contribution < 1.29 is 18.1 Å². The van der Waals surface area contributed by atoms with E-state index in [1.807, 2.05) is 0 Å². The molecule has 0 bridgehead atoms. The van der Waals surface area contributed by atoms with Crippen LogP contribution in [0.3, 0.4) is 0 Å². The number of anilines is 1. The first kappa shape index (κ1) is 25.3. The molecule has 1 N–H and O–H groups in total. The summed E-state index contributed by atoms with van der Waals surface area (Å²) < 4.78 is 41.1. The second kappa shape index (κ2) is 14.3. The van der Waals surface area contributed by atoms with E-state index in [9.17, 15) is 23.3 Å². The first-order valence-corrected chi connectivity index (χ1v) is 11.2. The maximum Gasteiger partial charge on any atom is 0.264 e. The second-order valence-corrected chi connectivity index (χ2v) is 8.23. The molecule has 0 atom stereocenters. The average Bonchev–Trinajstić information content (AvgIpc) is 2.68. The van der Waals surface area contributed by atoms with Crippen LogP contribution in [0, 0.1) is 34.5 Å². The lowest BCUT2D eigenvalue weighted by atomic mass is 10.1. The molecule has 29 heavy (non-hydrogen) atoms. The van der Waals surface area contributed by atoms with E-state index in [0.29, 0.717) is 11.8 Å². The van der Waals surface area contributed by atoms with Crippen LogP contribution in [0.15, 0.2) is 17.3 Å². The number of nitrogens with zero attached hydrogens (tertiary/aromatic N) is 1. The summed E-state index contributed by atoms with van der Waals surface area (Å²) in [7, 11) is 0. The Balaban J connectivity index is 2.40. The van der Waals surface area contributed by atoms with Gasteiger partial charge in [-0.3, -0.25) is 10.1 Å². The fraction of sp³-hybridized carbons (Fsp3) is 0.619. The van der Waals surface area contributed by atoms with Crippen molar-refractivity contribution in [1.82, 2.24) is 0 Å².